The number of amides is 1. The van der Waals surface area contributed by atoms with Gasteiger partial charge in [-0.3, -0.25) is 4.79 Å². The molecule has 5 heteroatoms. The maximum atomic E-state index is 12.3. The van der Waals surface area contributed by atoms with Gasteiger partial charge in [-0.15, -0.1) is 0 Å². The van der Waals surface area contributed by atoms with Crippen molar-refractivity contribution in [3.05, 3.63) is 78.1 Å². The van der Waals surface area contributed by atoms with E-state index in [0.29, 0.717) is 17.9 Å². The molecule has 1 N–H and O–H groups in total. The molecule has 2 aromatic carbocycles. The summed E-state index contributed by atoms with van der Waals surface area (Å²) in [4.78, 5) is 20.8. The molecular weight excluding hydrogens is 314 g/mol. The van der Waals surface area contributed by atoms with Crippen LogP contribution >= 0.6 is 0 Å². The van der Waals surface area contributed by atoms with Crippen LogP contribution in [0.5, 0.6) is 5.75 Å². The summed E-state index contributed by atoms with van der Waals surface area (Å²) in [7, 11) is 0. The number of hydrogen-bond acceptors (Lipinski definition) is 4. The SMILES string of the molecule is O=C(NC[C@H]1Cc2ccccc2O1)c1cnc(-c2ccccc2)nc1. The molecule has 0 saturated carbocycles. The lowest BCUT2D eigenvalue weighted by molar-refractivity contribution is 0.0933. The van der Waals surface area contributed by atoms with E-state index in [-0.39, 0.29) is 12.0 Å². The molecular formula is C20H17N3O2. The van der Waals surface area contributed by atoms with E-state index in [1.807, 2.05) is 54.6 Å². The van der Waals surface area contributed by atoms with Crippen molar-refractivity contribution < 1.29 is 9.53 Å². The van der Waals surface area contributed by atoms with E-state index >= 15 is 0 Å². The number of nitrogens with zero attached hydrogens (tertiary/aromatic N) is 2. The number of nitrogens with one attached hydrogen (secondary N) is 1. The highest BCUT2D eigenvalue weighted by Crippen LogP contribution is 2.27. The van der Waals surface area contributed by atoms with Gasteiger partial charge >= 0.3 is 0 Å². The minimum atomic E-state index is -0.195. The summed E-state index contributed by atoms with van der Waals surface area (Å²) in [6.45, 7) is 0.452. The average molecular weight is 331 g/mol. The molecule has 1 aromatic heterocycles. The summed E-state index contributed by atoms with van der Waals surface area (Å²) in [6.07, 6.45) is 3.87. The van der Waals surface area contributed by atoms with E-state index in [9.17, 15) is 4.79 Å². The Kier molecular flexibility index (Phi) is 4.12. The van der Waals surface area contributed by atoms with Gasteiger partial charge in [0.25, 0.3) is 5.91 Å². The molecule has 0 bridgehead atoms. The number of hydrogen-bond donors (Lipinski definition) is 1. The van der Waals surface area contributed by atoms with Crippen LogP contribution < -0.4 is 10.1 Å². The lowest BCUT2D eigenvalue weighted by Crippen LogP contribution is -2.34. The quantitative estimate of drug-likeness (QED) is 0.798. The first-order chi connectivity index (χ1) is 12.3. The van der Waals surface area contributed by atoms with E-state index in [1.165, 1.54) is 5.56 Å². The smallest absolute Gasteiger partial charge is 0.254 e. The number of carbonyl (C=O) groups excluding carboxylic acids is 1. The largest absolute Gasteiger partial charge is 0.488 e. The number of rotatable bonds is 4. The van der Waals surface area contributed by atoms with Gasteiger partial charge in [-0.05, 0) is 11.6 Å². The van der Waals surface area contributed by atoms with Crippen molar-refractivity contribution in [3.8, 4) is 17.1 Å². The van der Waals surface area contributed by atoms with Crippen LogP contribution in [-0.4, -0.2) is 28.5 Å². The predicted molar refractivity (Wildman–Crippen MR) is 94.4 cm³/mol. The highest BCUT2D eigenvalue weighted by molar-refractivity contribution is 5.93. The second-order valence-electron chi connectivity index (χ2n) is 5.92. The monoisotopic (exact) mass is 331 g/mol. The van der Waals surface area contributed by atoms with Crippen LogP contribution in [0.15, 0.2) is 67.0 Å². The van der Waals surface area contributed by atoms with Gasteiger partial charge in [0.2, 0.25) is 0 Å². The van der Waals surface area contributed by atoms with Gasteiger partial charge in [0.1, 0.15) is 11.9 Å². The molecule has 0 unspecified atom stereocenters. The molecule has 3 aromatic rings. The Morgan fingerprint density at radius 3 is 2.52 bits per heavy atom. The van der Waals surface area contributed by atoms with Crippen molar-refractivity contribution in [2.75, 3.05) is 6.54 Å². The second-order valence-corrected chi connectivity index (χ2v) is 5.92. The molecule has 0 radical (unpaired) electrons. The van der Waals surface area contributed by atoms with Gasteiger partial charge in [0.15, 0.2) is 5.82 Å². The van der Waals surface area contributed by atoms with Gasteiger partial charge < -0.3 is 10.1 Å². The minimum Gasteiger partial charge on any atom is -0.488 e. The third kappa shape index (κ3) is 3.35. The molecule has 2 heterocycles. The number of fused-ring (bicyclic) bond motifs is 1. The molecule has 1 amide bonds. The van der Waals surface area contributed by atoms with E-state index in [2.05, 4.69) is 15.3 Å². The van der Waals surface area contributed by atoms with Crippen molar-refractivity contribution >= 4 is 5.91 Å². The van der Waals surface area contributed by atoms with Crippen molar-refractivity contribution in [1.29, 1.82) is 0 Å². The number of benzene rings is 2. The van der Waals surface area contributed by atoms with Gasteiger partial charge in [-0.2, -0.15) is 0 Å². The maximum absolute atomic E-state index is 12.3. The third-order valence-corrected chi connectivity index (χ3v) is 4.15. The fourth-order valence-electron chi connectivity index (χ4n) is 2.86. The van der Waals surface area contributed by atoms with E-state index in [1.54, 1.807) is 12.4 Å². The van der Waals surface area contributed by atoms with Gasteiger partial charge in [-0.1, -0.05) is 48.5 Å². The van der Waals surface area contributed by atoms with Gasteiger partial charge in [0, 0.05) is 24.4 Å². The number of ether oxygens (including phenoxy) is 1. The molecule has 25 heavy (non-hydrogen) atoms. The summed E-state index contributed by atoms with van der Waals surface area (Å²) in [6, 6.07) is 17.6. The lowest BCUT2D eigenvalue weighted by atomic mass is 10.1. The highest BCUT2D eigenvalue weighted by atomic mass is 16.5. The zero-order valence-electron chi connectivity index (χ0n) is 13.6. The predicted octanol–water partition coefficient (Wildman–Crippen LogP) is 2.88. The first kappa shape index (κ1) is 15.3. The Bertz CT molecular complexity index is 854. The van der Waals surface area contributed by atoms with E-state index in [4.69, 9.17) is 4.74 Å². The Balaban J connectivity index is 1.36. The number of para-hydroxylation sites is 1. The van der Waals surface area contributed by atoms with E-state index < -0.39 is 0 Å². The Morgan fingerprint density at radius 2 is 1.76 bits per heavy atom. The fourth-order valence-corrected chi connectivity index (χ4v) is 2.86. The van der Waals surface area contributed by atoms with Crippen molar-refractivity contribution in [1.82, 2.24) is 15.3 Å². The molecule has 0 aliphatic carbocycles. The van der Waals surface area contributed by atoms with Crippen LogP contribution in [0.3, 0.4) is 0 Å². The van der Waals surface area contributed by atoms with Crippen LogP contribution in [0.2, 0.25) is 0 Å². The van der Waals surface area contributed by atoms with Gasteiger partial charge in [-0.25, -0.2) is 9.97 Å². The van der Waals surface area contributed by atoms with Crippen LogP contribution in [0.1, 0.15) is 15.9 Å². The molecule has 1 aliphatic rings. The zero-order valence-corrected chi connectivity index (χ0v) is 13.6. The molecule has 0 spiro atoms. The standard InChI is InChI=1S/C20H17N3O2/c24-20(23-13-17-10-15-8-4-5-9-18(15)25-17)16-11-21-19(22-12-16)14-6-2-1-3-7-14/h1-9,11-12,17H,10,13H2,(H,23,24)/t17-/m1/s1. The summed E-state index contributed by atoms with van der Waals surface area (Å²) in [5, 5.41) is 2.89. The molecule has 5 nitrogen and oxygen atoms in total. The summed E-state index contributed by atoms with van der Waals surface area (Å²) >= 11 is 0. The fraction of sp³-hybridized carbons (Fsp3) is 0.150. The molecule has 0 saturated heterocycles. The lowest BCUT2D eigenvalue weighted by Gasteiger charge is -2.11. The Morgan fingerprint density at radius 1 is 1.04 bits per heavy atom. The van der Waals surface area contributed by atoms with Crippen LogP contribution in [0.25, 0.3) is 11.4 Å². The maximum Gasteiger partial charge on any atom is 0.254 e. The molecule has 1 atom stereocenters. The summed E-state index contributed by atoms with van der Waals surface area (Å²) in [5.41, 5.74) is 2.54. The molecule has 0 fully saturated rings. The molecule has 4 rings (SSSR count). The first-order valence-electron chi connectivity index (χ1n) is 8.20. The second kappa shape index (κ2) is 6.73. The van der Waals surface area contributed by atoms with Crippen molar-refractivity contribution in [2.45, 2.75) is 12.5 Å². The van der Waals surface area contributed by atoms with Crippen LogP contribution in [0, 0.1) is 0 Å². The normalized spacial score (nSPS) is 15.3. The zero-order chi connectivity index (χ0) is 17.1. The molecule has 1 aliphatic heterocycles. The van der Waals surface area contributed by atoms with Crippen molar-refractivity contribution in [2.24, 2.45) is 0 Å². The molecule has 124 valence electrons. The first-order valence-corrected chi connectivity index (χ1v) is 8.20. The summed E-state index contributed by atoms with van der Waals surface area (Å²) in [5.74, 6) is 1.31. The number of aromatic nitrogens is 2. The third-order valence-electron chi connectivity index (χ3n) is 4.15. The number of carbonyl (C=O) groups is 1. The minimum absolute atomic E-state index is 0.0362. The van der Waals surface area contributed by atoms with Crippen LogP contribution in [-0.2, 0) is 6.42 Å². The Hall–Kier alpha value is -3.21. The average Bonchev–Trinajstić information content (AvgIpc) is 3.10. The highest BCUT2D eigenvalue weighted by Gasteiger charge is 2.22. The van der Waals surface area contributed by atoms with Crippen molar-refractivity contribution in [3.63, 3.8) is 0 Å². The Labute approximate surface area is 145 Å². The van der Waals surface area contributed by atoms with E-state index in [0.717, 1.165) is 17.7 Å². The summed E-state index contributed by atoms with van der Waals surface area (Å²) < 4.78 is 5.82. The van der Waals surface area contributed by atoms with Gasteiger partial charge in [0.05, 0.1) is 12.1 Å². The van der Waals surface area contributed by atoms with Crippen LogP contribution in [0.4, 0.5) is 0 Å². The topological polar surface area (TPSA) is 64.1 Å².